The van der Waals surface area contributed by atoms with Crippen LogP contribution in [-0.4, -0.2) is 24.0 Å². The number of rotatable bonds is 1. The highest BCUT2D eigenvalue weighted by Crippen LogP contribution is 2.33. The van der Waals surface area contributed by atoms with Crippen LogP contribution in [0, 0.1) is 5.41 Å². The maximum absolute atomic E-state index is 2.50. The molecule has 1 heterocycles. The fourth-order valence-corrected chi connectivity index (χ4v) is 2.08. The normalized spacial score (nSPS) is 26.1. The molecule has 1 unspecified atom stereocenters. The van der Waals surface area contributed by atoms with Crippen molar-refractivity contribution in [2.75, 3.05) is 13.1 Å². The SMILES string of the molecule is CCN1CC=C(C(C)(C)C)C1C. The standard InChI is InChI=1S/C11H21N/c1-6-12-8-7-10(9(12)2)11(3,4)5/h7,9H,6,8H2,1-5H3. The van der Waals surface area contributed by atoms with Crippen LogP contribution >= 0.6 is 0 Å². The second-order valence-electron chi connectivity index (χ2n) is 4.67. The van der Waals surface area contributed by atoms with Gasteiger partial charge in [0.1, 0.15) is 0 Å². The van der Waals surface area contributed by atoms with Crippen molar-refractivity contribution in [3.8, 4) is 0 Å². The average molecular weight is 167 g/mol. The van der Waals surface area contributed by atoms with Crippen molar-refractivity contribution < 1.29 is 0 Å². The first kappa shape index (κ1) is 9.79. The number of hydrogen-bond acceptors (Lipinski definition) is 1. The topological polar surface area (TPSA) is 3.24 Å². The lowest BCUT2D eigenvalue weighted by molar-refractivity contribution is 0.273. The van der Waals surface area contributed by atoms with Crippen LogP contribution in [0.2, 0.25) is 0 Å². The maximum atomic E-state index is 2.50. The zero-order valence-corrected chi connectivity index (χ0v) is 9.02. The molecule has 1 aliphatic rings. The fourth-order valence-electron chi connectivity index (χ4n) is 2.08. The Hall–Kier alpha value is -0.300. The van der Waals surface area contributed by atoms with Gasteiger partial charge in [0.05, 0.1) is 0 Å². The third-order valence-electron chi connectivity index (χ3n) is 2.82. The van der Waals surface area contributed by atoms with Gasteiger partial charge in [-0.25, -0.2) is 0 Å². The van der Waals surface area contributed by atoms with E-state index in [1.165, 1.54) is 0 Å². The Labute approximate surface area is 76.5 Å². The molecule has 1 heteroatoms. The van der Waals surface area contributed by atoms with E-state index in [0.717, 1.165) is 13.1 Å². The van der Waals surface area contributed by atoms with Crippen LogP contribution in [0.25, 0.3) is 0 Å². The monoisotopic (exact) mass is 167 g/mol. The van der Waals surface area contributed by atoms with E-state index < -0.39 is 0 Å². The van der Waals surface area contributed by atoms with Crippen molar-refractivity contribution in [1.29, 1.82) is 0 Å². The van der Waals surface area contributed by atoms with Gasteiger partial charge in [0.25, 0.3) is 0 Å². The first-order valence-electron chi connectivity index (χ1n) is 4.91. The van der Waals surface area contributed by atoms with Crippen molar-refractivity contribution in [1.82, 2.24) is 4.90 Å². The summed E-state index contributed by atoms with van der Waals surface area (Å²) in [5.74, 6) is 0. The zero-order chi connectivity index (χ0) is 9.35. The van der Waals surface area contributed by atoms with Crippen LogP contribution in [0.15, 0.2) is 11.6 Å². The Morgan fingerprint density at radius 1 is 1.50 bits per heavy atom. The Bertz CT molecular complexity index is 186. The van der Waals surface area contributed by atoms with E-state index in [1.807, 2.05) is 0 Å². The van der Waals surface area contributed by atoms with Gasteiger partial charge in [0.15, 0.2) is 0 Å². The largest absolute Gasteiger partial charge is 0.294 e. The van der Waals surface area contributed by atoms with Gasteiger partial charge in [0, 0.05) is 12.6 Å². The molecule has 0 aromatic rings. The molecule has 0 fully saturated rings. The van der Waals surface area contributed by atoms with Gasteiger partial charge in [-0.2, -0.15) is 0 Å². The highest BCUT2D eigenvalue weighted by molar-refractivity contribution is 5.22. The molecular formula is C11H21N. The van der Waals surface area contributed by atoms with Crippen LogP contribution in [0.5, 0.6) is 0 Å². The third-order valence-corrected chi connectivity index (χ3v) is 2.82. The summed E-state index contributed by atoms with van der Waals surface area (Å²) < 4.78 is 0. The summed E-state index contributed by atoms with van der Waals surface area (Å²) >= 11 is 0. The van der Waals surface area contributed by atoms with Crippen LogP contribution < -0.4 is 0 Å². The molecule has 1 atom stereocenters. The van der Waals surface area contributed by atoms with E-state index in [2.05, 4.69) is 45.6 Å². The summed E-state index contributed by atoms with van der Waals surface area (Å²) in [6, 6.07) is 0.648. The van der Waals surface area contributed by atoms with E-state index in [1.54, 1.807) is 5.57 Å². The lowest BCUT2D eigenvalue weighted by atomic mass is 9.83. The molecule has 0 spiro atoms. The lowest BCUT2D eigenvalue weighted by Gasteiger charge is -2.29. The van der Waals surface area contributed by atoms with E-state index in [0.29, 0.717) is 11.5 Å². The van der Waals surface area contributed by atoms with Crippen molar-refractivity contribution >= 4 is 0 Å². The van der Waals surface area contributed by atoms with Crippen LogP contribution in [0.1, 0.15) is 34.6 Å². The molecule has 0 aromatic carbocycles. The predicted octanol–water partition coefficient (Wildman–Crippen LogP) is 2.68. The Kier molecular flexibility index (Phi) is 2.62. The van der Waals surface area contributed by atoms with E-state index in [9.17, 15) is 0 Å². The van der Waals surface area contributed by atoms with Gasteiger partial charge in [-0.15, -0.1) is 0 Å². The molecule has 1 nitrogen and oxygen atoms in total. The van der Waals surface area contributed by atoms with E-state index in [-0.39, 0.29) is 0 Å². The van der Waals surface area contributed by atoms with Gasteiger partial charge < -0.3 is 0 Å². The lowest BCUT2D eigenvalue weighted by Crippen LogP contribution is -2.32. The summed E-state index contributed by atoms with van der Waals surface area (Å²) in [5.41, 5.74) is 1.95. The molecule has 1 aliphatic heterocycles. The molecule has 0 radical (unpaired) electrons. The minimum atomic E-state index is 0.351. The van der Waals surface area contributed by atoms with E-state index in [4.69, 9.17) is 0 Å². The second kappa shape index (κ2) is 3.21. The van der Waals surface area contributed by atoms with Crippen LogP contribution in [-0.2, 0) is 0 Å². The predicted molar refractivity (Wildman–Crippen MR) is 54.2 cm³/mol. The van der Waals surface area contributed by atoms with Crippen LogP contribution in [0.3, 0.4) is 0 Å². The maximum Gasteiger partial charge on any atom is 0.0288 e. The van der Waals surface area contributed by atoms with Crippen molar-refractivity contribution in [3.63, 3.8) is 0 Å². The van der Waals surface area contributed by atoms with Gasteiger partial charge in [-0.05, 0) is 18.9 Å². The first-order valence-corrected chi connectivity index (χ1v) is 4.91. The molecule has 0 aromatic heterocycles. The molecule has 0 N–H and O–H groups in total. The van der Waals surface area contributed by atoms with E-state index >= 15 is 0 Å². The van der Waals surface area contributed by atoms with Crippen molar-refractivity contribution in [3.05, 3.63) is 11.6 Å². The molecule has 0 bridgehead atoms. The summed E-state index contributed by atoms with van der Waals surface area (Å²) in [4.78, 5) is 2.50. The smallest absolute Gasteiger partial charge is 0.0288 e. The first-order chi connectivity index (χ1) is 5.46. The molecule has 0 saturated heterocycles. The molecule has 0 amide bonds. The molecule has 12 heavy (non-hydrogen) atoms. The Balaban J connectivity index is 2.71. The Morgan fingerprint density at radius 3 is 2.33 bits per heavy atom. The molecular weight excluding hydrogens is 146 g/mol. The minimum absolute atomic E-state index is 0.351. The molecule has 1 rings (SSSR count). The van der Waals surface area contributed by atoms with Gasteiger partial charge in [-0.1, -0.05) is 39.3 Å². The molecule has 0 aliphatic carbocycles. The van der Waals surface area contributed by atoms with Gasteiger partial charge in [-0.3, -0.25) is 4.90 Å². The van der Waals surface area contributed by atoms with Crippen molar-refractivity contribution in [2.45, 2.75) is 40.7 Å². The highest BCUT2D eigenvalue weighted by atomic mass is 15.2. The number of likely N-dealkylation sites (N-methyl/N-ethyl adjacent to an activating group) is 1. The quantitative estimate of drug-likeness (QED) is 0.543. The number of nitrogens with zero attached hydrogens (tertiary/aromatic N) is 1. The summed E-state index contributed by atoms with van der Waals surface area (Å²) in [7, 11) is 0. The third kappa shape index (κ3) is 1.71. The summed E-state index contributed by atoms with van der Waals surface area (Å²) in [6.07, 6.45) is 2.40. The zero-order valence-electron chi connectivity index (χ0n) is 9.02. The Morgan fingerprint density at radius 2 is 2.08 bits per heavy atom. The van der Waals surface area contributed by atoms with Crippen molar-refractivity contribution in [2.24, 2.45) is 5.41 Å². The fraction of sp³-hybridized carbons (Fsp3) is 0.818. The molecule has 0 saturated carbocycles. The highest BCUT2D eigenvalue weighted by Gasteiger charge is 2.29. The average Bonchev–Trinajstić information content (AvgIpc) is 2.29. The molecule has 70 valence electrons. The second-order valence-corrected chi connectivity index (χ2v) is 4.67. The van der Waals surface area contributed by atoms with Crippen LogP contribution in [0.4, 0.5) is 0 Å². The number of hydrogen-bond donors (Lipinski definition) is 0. The van der Waals surface area contributed by atoms with Gasteiger partial charge >= 0.3 is 0 Å². The summed E-state index contributed by atoms with van der Waals surface area (Å²) in [5, 5.41) is 0. The summed E-state index contributed by atoms with van der Waals surface area (Å²) in [6.45, 7) is 13.8. The minimum Gasteiger partial charge on any atom is -0.294 e. The van der Waals surface area contributed by atoms with Gasteiger partial charge in [0.2, 0.25) is 0 Å².